The van der Waals surface area contributed by atoms with Gasteiger partial charge in [0.15, 0.2) is 0 Å². The predicted octanol–water partition coefficient (Wildman–Crippen LogP) is 2.86. The van der Waals surface area contributed by atoms with E-state index in [1.165, 1.54) is 12.8 Å². The average Bonchev–Trinajstić information content (AvgIpc) is 2.80. The van der Waals surface area contributed by atoms with Gasteiger partial charge in [-0.2, -0.15) is 5.26 Å². The maximum atomic E-state index is 9.32. The second-order valence-corrected chi connectivity index (χ2v) is 4.90. The number of allylic oxidation sites excluding steroid dienone is 2. The van der Waals surface area contributed by atoms with Crippen LogP contribution in [0.3, 0.4) is 0 Å². The van der Waals surface area contributed by atoms with E-state index in [0.717, 1.165) is 24.1 Å². The van der Waals surface area contributed by atoms with Gasteiger partial charge in [0.2, 0.25) is 0 Å². The molecule has 1 aliphatic carbocycles. The number of nitrogens with two attached hydrogens (primary N) is 1. The number of nitrogens with zero attached hydrogens (tertiary/aromatic N) is 2. The molecule has 2 N–H and O–H groups in total. The standard InChI is InChI=1S/C14H17N3/c1-14(6-2-3-7-14)13(16)12(10-15)11-4-8-17-9-5-11/h4-5,8-9H,2-3,6-7,16H2,1H3/b13-12+. The van der Waals surface area contributed by atoms with Crippen LogP contribution in [-0.2, 0) is 0 Å². The molecule has 0 spiro atoms. The first kappa shape index (κ1) is 11.7. The fourth-order valence-electron chi connectivity index (χ4n) is 2.53. The van der Waals surface area contributed by atoms with Gasteiger partial charge in [-0.1, -0.05) is 19.8 Å². The fraction of sp³-hybridized carbons (Fsp3) is 0.429. The van der Waals surface area contributed by atoms with Gasteiger partial charge in [0, 0.05) is 23.5 Å². The van der Waals surface area contributed by atoms with E-state index < -0.39 is 0 Å². The zero-order chi connectivity index (χ0) is 12.3. The molecule has 0 aromatic carbocycles. The van der Waals surface area contributed by atoms with Crippen molar-refractivity contribution in [3.63, 3.8) is 0 Å². The van der Waals surface area contributed by atoms with E-state index in [4.69, 9.17) is 5.73 Å². The van der Waals surface area contributed by atoms with Crippen LogP contribution in [0, 0.1) is 16.7 Å². The summed E-state index contributed by atoms with van der Waals surface area (Å²) in [6, 6.07) is 5.92. The third-order valence-corrected chi connectivity index (χ3v) is 3.71. The van der Waals surface area contributed by atoms with E-state index in [9.17, 15) is 5.26 Å². The highest BCUT2D eigenvalue weighted by molar-refractivity contribution is 5.79. The lowest BCUT2D eigenvalue weighted by Crippen LogP contribution is -2.22. The minimum absolute atomic E-state index is 0.00562. The third kappa shape index (κ3) is 2.16. The SMILES string of the molecule is CC1(/C(N)=C(/C#N)c2ccncc2)CCCC1. The lowest BCUT2D eigenvalue weighted by molar-refractivity contribution is 0.411. The second-order valence-electron chi connectivity index (χ2n) is 4.90. The number of rotatable bonds is 2. The lowest BCUT2D eigenvalue weighted by atomic mass is 9.82. The summed E-state index contributed by atoms with van der Waals surface area (Å²) in [7, 11) is 0. The van der Waals surface area contributed by atoms with Gasteiger partial charge >= 0.3 is 0 Å². The lowest BCUT2D eigenvalue weighted by Gasteiger charge is -2.25. The molecule has 1 fully saturated rings. The molecule has 2 rings (SSSR count). The van der Waals surface area contributed by atoms with Crippen molar-refractivity contribution >= 4 is 5.57 Å². The van der Waals surface area contributed by atoms with E-state index >= 15 is 0 Å². The molecular formula is C14H17N3. The van der Waals surface area contributed by atoms with Gasteiger partial charge in [-0.3, -0.25) is 4.98 Å². The zero-order valence-corrected chi connectivity index (χ0v) is 10.1. The van der Waals surface area contributed by atoms with Crippen molar-refractivity contribution in [2.24, 2.45) is 11.1 Å². The first-order valence-electron chi connectivity index (χ1n) is 5.98. The van der Waals surface area contributed by atoms with Gasteiger partial charge in [-0.05, 0) is 30.5 Å². The molecule has 0 unspecified atom stereocenters. The topological polar surface area (TPSA) is 62.7 Å². The smallest absolute Gasteiger partial charge is 0.102 e. The summed E-state index contributed by atoms with van der Waals surface area (Å²) in [5.41, 5.74) is 8.45. The maximum Gasteiger partial charge on any atom is 0.102 e. The number of aromatic nitrogens is 1. The highest BCUT2D eigenvalue weighted by Crippen LogP contribution is 2.43. The Bertz CT molecular complexity index is 462. The van der Waals surface area contributed by atoms with Crippen molar-refractivity contribution in [2.75, 3.05) is 0 Å². The molecular weight excluding hydrogens is 210 g/mol. The van der Waals surface area contributed by atoms with Crippen molar-refractivity contribution < 1.29 is 0 Å². The quantitative estimate of drug-likeness (QED) is 0.790. The van der Waals surface area contributed by atoms with E-state index in [1.54, 1.807) is 12.4 Å². The van der Waals surface area contributed by atoms with Crippen LogP contribution in [0.25, 0.3) is 5.57 Å². The van der Waals surface area contributed by atoms with Crippen LogP contribution in [0.1, 0.15) is 38.2 Å². The van der Waals surface area contributed by atoms with E-state index in [-0.39, 0.29) is 5.41 Å². The largest absolute Gasteiger partial charge is 0.401 e. The summed E-state index contributed by atoms with van der Waals surface area (Å²) in [4.78, 5) is 3.96. The first-order chi connectivity index (χ1) is 8.17. The van der Waals surface area contributed by atoms with Crippen molar-refractivity contribution in [1.82, 2.24) is 4.98 Å². The van der Waals surface area contributed by atoms with Crippen molar-refractivity contribution in [2.45, 2.75) is 32.6 Å². The zero-order valence-electron chi connectivity index (χ0n) is 10.1. The Kier molecular flexibility index (Phi) is 3.14. The molecule has 0 aliphatic heterocycles. The van der Waals surface area contributed by atoms with Crippen LogP contribution in [0.5, 0.6) is 0 Å². The molecule has 0 bridgehead atoms. The molecule has 1 heterocycles. The summed E-state index contributed by atoms with van der Waals surface area (Å²) < 4.78 is 0. The minimum atomic E-state index is -0.00562. The number of hydrogen-bond donors (Lipinski definition) is 1. The molecule has 0 saturated heterocycles. The molecule has 0 amide bonds. The van der Waals surface area contributed by atoms with Crippen LogP contribution < -0.4 is 5.73 Å². The Labute approximate surface area is 102 Å². The van der Waals surface area contributed by atoms with E-state index in [2.05, 4.69) is 18.0 Å². The number of nitriles is 1. The van der Waals surface area contributed by atoms with Gasteiger partial charge in [0.1, 0.15) is 6.07 Å². The Morgan fingerprint density at radius 2 is 1.94 bits per heavy atom. The molecule has 0 radical (unpaired) electrons. The monoisotopic (exact) mass is 227 g/mol. The van der Waals surface area contributed by atoms with Gasteiger partial charge < -0.3 is 5.73 Å². The van der Waals surface area contributed by atoms with Crippen LogP contribution in [0.4, 0.5) is 0 Å². The fourth-order valence-corrected chi connectivity index (χ4v) is 2.53. The molecule has 1 aliphatic rings. The van der Waals surface area contributed by atoms with Crippen LogP contribution >= 0.6 is 0 Å². The summed E-state index contributed by atoms with van der Waals surface area (Å²) >= 11 is 0. The van der Waals surface area contributed by atoms with Crippen LogP contribution in [-0.4, -0.2) is 4.98 Å². The molecule has 3 nitrogen and oxygen atoms in total. The van der Waals surface area contributed by atoms with E-state index in [0.29, 0.717) is 5.57 Å². The molecule has 17 heavy (non-hydrogen) atoms. The summed E-state index contributed by atoms with van der Waals surface area (Å²) in [6.45, 7) is 2.16. The Balaban J connectivity index is 2.44. The summed E-state index contributed by atoms with van der Waals surface area (Å²) in [5, 5.41) is 9.32. The summed E-state index contributed by atoms with van der Waals surface area (Å²) in [6.07, 6.45) is 7.94. The highest BCUT2D eigenvalue weighted by atomic mass is 14.7. The molecule has 0 atom stereocenters. The van der Waals surface area contributed by atoms with Crippen LogP contribution in [0.2, 0.25) is 0 Å². The predicted molar refractivity (Wildman–Crippen MR) is 67.5 cm³/mol. The number of hydrogen-bond acceptors (Lipinski definition) is 3. The average molecular weight is 227 g/mol. The van der Waals surface area contributed by atoms with Crippen molar-refractivity contribution in [3.8, 4) is 6.07 Å². The molecule has 1 aromatic heterocycles. The van der Waals surface area contributed by atoms with Gasteiger partial charge in [-0.25, -0.2) is 0 Å². The highest BCUT2D eigenvalue weighted by Gasteiger charge is 2.33. The normalized spacial score (nSPS) is 19.5. The molecule has 1 aromatic rings. The Hall–Kier alpha value is -1.82. The van der Waals surface area contributed by atoms with Crippen molar-refractivity contribution in [1.29, 1.82) is 5.26 Å². The maximum absolute atomic E-state index is 9.32. The van der Waals surface area contributed by atoms with E-state index in [1.807, 2.05) is 12.1 Å². The Morgan fingerprint density at radius 3 is 2.47 bits per heavy atom. The molecule has 88 valence electrons. The van der Waals surface area contributed by atoms with Gasteiger partial charge in [-0.15, -0.1) is 0 Å². The summed E-state index contributed by atoms with van der Waals surface area (Å²) in [5.74, 6) is 0. The minimum Gasteiger partial charge on any atom is -0.401 e. The van der Waals surface area contributed by atoms with Gasteiger partial charge in [0.05, 0.1) is 5.57 Å². The van der Waals surface area contributed by atoms with Crippen LogP contribution in [0.15, 0.2) is 30.2 Å². The molecule has 3 heteroatoms. The van der Waals surface area contributed by atoms with Gasteiger partial charge in [0.25, 0.3) is 0 Å². The number of pyridine rings is 1. The first-order valence-corrected chi connectivity index (χ1v) is 5.98. The second kappa shape index (κ2) is 4.58. The van der Waals surface area contributed by atoms with Crippen molar-refractivity contribution in [3.05, 3.63) is 35.8 Å². The molecule has 1 saturated carbocycles. The third-order valence-electron chi connectivity index (χ3n) is 3.71. The Morgan fingerprint density at radius 1 is 1.35 bits per heavy atom.